The topological polar surface area (TPSA) is 108 Å². The molecule has 0 spiro atoms. The highest BCUT2D eigenvalue weighted by molar-refractivity contribution is 5.90. The summed E-state index contributed by atoms with van der Waals surface area (Å²) in [6.45, 7) is 2.64. The summed E-state index contributed by atoms with van der Waals surface area (Å²) in [6, 6.07) is 1.51. The van der Waals surface area contributed by atoms with Crippen molar-refractivity contribution in [2.75, 3.05) is 19.0 Å². The number of ether oxygens (including phenoxy) is 1. The molecule has 8 nitrogen and oxygen atoms in total. The molecule has 0 radical (unpaired) electrons. The maximum atomic E-state index is 11.0. The lowest BCUT2D eigenvalue weighted by Crippen LogP contribution is -2.13. The number of nitrogens with one attached hydrogen (secondary N) is 1. The number of aromatic nitrogens is 4. The van der Waals surface area contributed by atoms with Crippen molar-refractivity contribution in [3.8, 4) is 11.6 Å². The first-order valence-corrected chi connectivity index (χ1v) is 5.66. The molecule has 2 rings (SSSR count). The average molecular weight is 262 g/mol. The zero-order valence-electron chi connectivity index (χ0n) is 10.6. The summed E-state index contributed by atoms with van der Waals surface area (Å²) in [7, 11) is 1.52. The van der Waals surface area contributed by atoms with Gasteiger partial charge in [0, 0.05) is 12.7 Å². The summed E-state index contributed by atoms with van der Waals surface area (Å²) in [5, 5.41) is 7.09. The minimum Gasteiger partial charge on any atom is -0.490 e. The lowest BCUT2D eigenvalue weighted by Gasteiger charge is -2.11. The number of hydrogen-bond donors (Lipinski definition) is 2. The SMILES string of the molecule is CCNc1ncnc(-n2ccc(C(N)=O)n2)c1OC. The summed E-state index contributed by atoms with van der Waals surface area (Å²) in [5.74, 6) is 0.842. The molecule has 2 aromatic rings. The van der Waals surface area contributed by atoms with E-state index in [2.05, 4.69) is 20.4 Å². The second kappa shape index (κ2) is 5.34. The molecule has 0 saturated heterocycles. The Kier molecular flexibility index (Phi) is 3.60. The first kappa shape index (κ1) is 12.8. The molecule has 0 aliphatic heterocycles. The van der Waals surface area contributed by atoms with Gasteiger partial charge in [0.1, 0.15) is 12.0 Å². The Morgan fingerprint density at radius 1 is 1.53 bits per heavy atom. The molecule has 0 aliphatic rings. The maximum Gasteiger partial charge on any atom is 0.269 e. The van der Waals surface area contributed by atoms with Crippen LogP contribution in [0.2, 0.25) is 0 Å². The predicted octanol–water partition coefficient (Wildman–Crippen LogP) is 0.202. The molecule has 1 amide bonds. The van der Waals surface area contributed by atoms with Crippen LogP contribution in [0.5, 0.6) is 5.75 Å². The Labute approximate surface area is 109 Å². The maximum absolute atomic E-state index is 11.0. The average Bonchev–Trinajstić information content (AvgIpc) is 2.88. The molecule has 0 saturated carbocycles. The van der Waals surface area contributed by atoms with E-state index in [0.29, 0.717) is 23.9 Å². The molecule has 0 aromatic carbocycles. The van der Waals surface area contributed by atoms with Gasteiger partial charge in [0.2, 0.25) is 11.6 Å². The minimum atomic E-state index is -0.598. The lowest BCUT2D eigenvalue weighted by atomic mass is 10.4. The van der Waals surface area contributed by atoms with Gasteiger partial charge in [-0.3, -0.25) is 4.79 Å². The molecule has 0 fully saturated rings. The molecular weight excluding hydrogens is 248 g/mol. The number of carbonyl (C=O) groups is 1. The van der Waals surface area contributed by atoms with Gasteiger partial charge >= 0.3 is 0 Å². The van der Waals surface area contributed by atoms with Crippen LogP contribution in [-0.2, 0) is 0 Å². The molecule has 0 atom stereocenters. The van der Waals surface area contributed by atoms with Crippen LogP contribution >= 0.6 is 0 Å². The van der Waals surface area contributed by atoms with Crippen molar-refractivity contribution < 1.29 is 9.53 Å². The third kappa shape index (κ3) is 2.46. The van der Waals surface area contributed by atoms with Crippen molar-refractivity contribution in [3.05, 3.63) is 24.3 Å². The summed E-state index contributed by atoms with van der Waals surface area (Å²) in [6.07, 6.45) is 2.97. The number of primary amides is 1. The van der Waals surface area contributed by atoms with Gasteiger partial charge in [0.15, 0.2) is 5.82 Å². The second-order valence-electron chi connectivity index (χ2n) is 3.62. The van der Waals surface area contributed by atoms with Gasteiger partial charge in [-0.1, -0.05) is 0 Å². The highest BCUT2D eigenvalue weighted by atomic mass is 16.5. The summed E-state index contributed by atoms with van der Waals surface area (Å²) in [5.41, 5.74) is 5.32. The zero-order chi connectivity index (χ0) is 13.8. The number of carbonyl (C=O) groups excluding carboxylic acids is 1. The number of hydrogen-bond acceptors (Lipinski definition) is 6. The van der Waals surface area contributed by atoms with Crippen LogP contribution in [0, 0.1) is 0 Å². The van der Waals surface area contributed by atoms with E-state index in [1.165, 1.54) is 24.2 Å². The van der Waals surface area contributed by atoms with E-state index in [4.69, 9.17) is 10.5 Å². The fraction of sp³-hybridized carbons (Fsp3) is 0.273. The van der Waals surface area contributed by atoms with E-state index in [1.807, 2.05) is 6.92 Å². The van der Waals surface area contributed by atoms with Crippen molar-refractivity contribution in [2.24, 2.45) is 5.73 Å². The van der Waals surface area contributed by atoms with Gasteiger partial charge in [-0.15, -0.1) is 0 Å². The Bertz CT molecular complexity index is 595. The first-order chi connectivity index (χ1) is 9.17. The van der Waals surface area contributed by atoms with E-state index < -0.39 is 5.91 Å². The zero-order valence-corrected chi connectivity index (χ0v) is 10.6. The quantitative estimate of drug-likeness (QED) is 0.797. The Morgan fingerprint density at radius 2 is 2.32 bits per heavy atom. The molecule has 8 heteroatoms. The second-order valence-corrected chi connectivity index (χ2v) is 3.62. The van der Waals surface area contributed by atoms with Crippen LogP contribution in [0.3, 0.4) is 0 Å². The molecule has 0 unspecified atom stereocenters. The molecule has 19 heavy (non-hydrogen) atoms. The summed E-state index contributed by atoms with van der Waals surface area (Å²) < 4.78 is 6.71. The third-order valence-corrected chi connectivity index (χ3v) is 2.39. The van der Waals surface area contributed by atoms with Crippen molar-refractivity contribution in [3.63, 3.8) is 0 Å². The first-order valence-electron chi connectivity index (χ1n) is 5.66. The Morgan fingerprint density at radius 3 is 2.89 bits per heavy atom. The largest absolute Gasteiger partial charge is 0.490 e. The number of nitrogens with zero attached hydrogens (tertiary/aromatic N) is 4. The van der Waals surface area contributed by atoms with Crippen LogP contribution in [0.1, 0.15) is 17.4 Å². The van der Waals surface area contributed by atoms with E-state index in [-0.39, 0.29) is 5.69 Å². The van der Waals surface area contributed by atoms with E-state index in [0.717, 1.165) is 0 Å². The van der Waals surface area contributed by atoms with Gasteiger partial charge in [-0.05, 0) is 13.0 Å². The standard InChI is InChI=1S/C11H14N6O2/c1-3-13-10-8(19-2)11(15-6-14-10)17-5-4-7(16-17)9(12)18/h4-6H,3H2,1-2H3,(H2,12,18)(H,13,14,15). The van der Waals surface area contributed by atoms with Crippen molar-refractivity contribution in [1.82, 2.24) is 19.7 Å². The van der Waals surface area contributed by atoms with Gasteiger partial charge in [-0.25, -0.2) is 14.6 Å². The third-order valence-electron chi connectivity index (χ3n) is 2.39. The van der Waals surface area contributed by atoms with E-state index in [1.54, 1.807) is 6.20 Å². The van der Waals surface area contributed by atoms with Crippen LogP contribution in [0.15, 0.2) is 18.6 Å². The highest BCUT2D eigenvalue weighted by Crippen LogP contribution is 2.27. The number of rotatable bonds is 5. The number of methoxy groups -OCH3 is 1. The molecule has 3 N–H and O–H groups in total. The van der Waals surface area contributed by atoms with Gasteiger partial charge in [-0.2, -0.15) is 5.10 Å². The highest BCUT2D eigenvalue weighted by Gasteiger charge is 2.15. The van der Waals surface area contributed by atoms with Crippen LogP contribution in [0.25, 0.3) is 5.82 Å². The predicted molar refractivity (Wildman–Crippen MR) is 68.4 cm³/mol. The van der Waals surface area contributed by atoms with Crippen LogP contribution in [-0.4, -0.2) is 39.3 Å². The molecule has 2 aromatic heterocycles. The number of anilines is 1. The van der Waals surface area contributed by atoms with Crippen LogP contribution in [0.4, 0.5) is 5.82 Å². The van der Waals surface area contributed by atoms with Gasteiger partial charge < -0.3 is 15.8 Å². The fourth-order valence-electron chi connectivity index (χ4n) is 1.58. The summed E-state index contributed by atoms with van der Waals surface area (Å²) >= 11 is 0. The van der Waals surface area contributed by atoms with E-state index >= 15 is 0 Å². The normalized spacial score (nSPS) is 10.2. The Hall–Kier alpha value is -2.64. The molecule has 0 aliphatic carbocycles. The van der Waals surface area contributed by atoms with Crippen molar-refractivity contribution in [2.45, 2.75) is 6.92 Å². The smallest absolute Gasteiger partial charge is 0.269 e. The molecule has 100 valence electrons. The van der Waals surface area contributed by atoms with Crippen LogP contribution < -0.4 is 15.8 Å². The van der Waals surface area contributed by atoms with Gasteiger partial charge in [0.25, 0.3) is 5.91 Å². The van der Waals surface area contributed by atoms with Crippen molar-refractivity contribution in [1.29, 1.82) is 0 Å². The fourth-order valence-corrected chi connectivity index (χ4v) is 1.58. The number of nitrogens with two attached hydrogens (primary N) is 1. The monoisotopic (exact) mass is 262 g/mol. The molecular formula is C11H14N6O2. The minimum absolute atomic E-state index is 0.158. The Balaban J connectivity index is 2.48. The summed E-state index contributed by atoms with van der Waals surface area (Å²) in [4.78, 5) is 19.2. The molecule has 2 heterocycles. The van der Waals surface area contributed by atoms with Crippen molar-refractivity contribution >= 4 is 11.7 Å². The number of amides is 1. The lowest BCUT2D eigenvalue weighted by molar-refractivity contribution is 0.0995. The molecule has 0 bridgehead atoms. The van der Waals surface area contributed by atoms with E-state index in [9.17, 15) is 4.79 Å². The van der Waals surface area contributed by atoms with Gasteiger partial charge in [0.05, 0.1) is 7.11 Å².